The summed E-state index contributed by atoms with van der Waals surface area (Å²) in [6.07, 6.45) is -12.4. The lowest BCUT2D eigenvalue weighted by Gasteiger charge is -2.38. The predicted molar refractivity (Wildman–Crippen MR) is 185 cm³/mol. The number of anilines is 4. The summed E-state index contributed by atoms with van der Waals surface area (Å²) in [5, 5.41) is 0. The van der Waals surface area contributed by atoms with Crippen LogP contribution in [0.3, 0.4) is 0 Å². The van der Waals surface area contributed by atoms with Crippen LogP contribution in [0.5, 0.6) is 23.0 Å². The van der Waals surface area contributed by atoms with Crippen molar-refractivity contribution in [3.05, 3.63) is 94.0 Å². The van der Waals surface area contributed by atoms with Gasteiger partial charge in [-0.25, -0.2) is 9.80 Å². The molecule has 288 valence electrons. The van der Waals surface area contributed by atoms with E-state index in [1.165, 1.54) is 26.4 Å². The van der Waals surface area contributed by atoms with Crippen LogP contribution in [0, 0.1) is 0 Å². The molecule has 2 heterocycles. The van der Waals surface area contributed by atoms with E-state index in [1.54, 1.807) is 13.8 Å². The van der Waals surface area contributed by atoms with E-state index in [4.69, 9.17) is 30.4 Å². The van der Waals surface area contributed by atoms with E-state index in [2.05, 4.69) is 0 Å². The number of rotatable bonds is 10. The molecule has 0 atom stereocenters. The van der Waals surface area contributed by atoms with E-state index in [0.29, 0.717) is 46.2 Å². The van der Waals surface area contributed by atoms with Crippen molar-refractivity contribution in [1.82, 2.24) is 0 Å². The zero-order chi connectivity index (χ0) is 40.4. The molecule has 2 aliphatic rings. The highest BCUT2D eigenvalue weighted by Crippen LogP contribution is 2.57. The number of methoxy groups -OCH3 is 2. The van der Waals surface area contributed by atoms with Gasteiger partial charge in [0.1, 0.15) is 23.0 Å². The summed E-state index contributed by atoms with van der Waals surface area (Å²) in [7, 11) is 2.58. The fraction of sp³-hybridized carbons (Fsp3) is 0.243. The van der Waals surface area contributed by atoms with E-state index in [0.717, 1.165) is 12.1 Å². The first-order valence-electron chi connectivity index (χ1n) is 16.3. The van der Waals surface area contributed by atoms with Gasteiger partial charge in [-0.1, -0.05) is 12.1 Å². The van der Waals surface area contributed by atoms with Crippen molar-refractivity contribution in [2.24, 2.45) is 0 Å². The maximum atomic E-state index is 15.4. The van der Waals surface area contributed by atoms with Crippen molar-refractivity contribution < 1.29 is 64.5 Å². The van der Waals surface area contributed by atoms with Crippen LogP contribution in [-0.2, 0) is 5.41 Å². The lowest BCUT2D eigenvalue weighted by atomic mass is 9.71. The molecule has 6 rings (SSSR count). The maximum Gasteiger partial charge on any atom is 0.411 e. The number of halogens is 6. The highest BCUT2D eigenvalue weighted by atomic mass is 19.4. The first kappa shape index (κ1) is 38.3. The molecule has 0 aromatic heterocycles. The Labute approximate surface area is 308 Å². The third-order valence-electron chi connectivity index (χ3n) is 9.19. The Kier molecular flexibility index (Phi) is 9.35. The van der Waals surface area contributed by atoms with E-state index in [9.17, 15) is 19.2 Å². The summed E-state index contributed by atoms with van der Waals surface area (Å²) in [4.78, 5) is 55.7. The molecular weight excluding hydrogens is 742 g/mol. The molecule has 4 aromatic rings. The van der Waals surface area contributed by atoms with E-state index < -0.39 is 74.8 Å². The molecule has 0 saturated heterocycles. The van der Waals surface area contributed by atoms with Crippen LogP contribution in [0.15, 0.2) is 60.7 Å². The number of hydrogen-bond donors (Lipinski definition) is 2. The zero-order valence-electron chi connectivity index (χ0n) is 29.3. The van der Waals surface area contributed by atoms with Crippen LogP contribution in [0.2, 0.25) is 0 Å². The number of amides is 4. The van der Waals surface area contributed by atoms with Gasteiger partial charge in [-0.15, -0.1) is 0 Å². The summed E-state index contributed by atoms with van der Waals surface area (Å²) in [6.45, 7) is 3.23. The van der Waals surface area contributed by atoms with E-state index >= 15 is 26.3 Å². The first-order chi connectivity index (χ1) is 25.9. The Morgan fingerprint density at radius 2 is 0.873 bits per heavy atom. The van der Waals surface area contributed by atoms with Crippen LogP contribution in [0.1, 0.15) is 66.4 Å². The number of nitrogen functional groups attached to an aromatic ring is 2. The molecule has 0 unspecified atom stereocenters. The molecule has 12 nitrogen and oxygen atoms in total. The Balaban J connectivity index is 1.50. The molecule has 4 aromatic carbocycles. The molecular formula is C37H30F6N4O8. The summed E-state index contributed by atoms with van der Waals surface area (Å²) >= 11 is 0. The van der Waals surface area contributed by atoms with Gasteiger partial charge in [0.15, 0.2) is 0 Å². The average molecular weight is 773 g/mol. The van der Waals surface area contributed by atoms with Gasteiger partial charge in [-0.3, -0.25) is 19.2 Å². The quantitative estimate of drug-likeness (QED) is 0.101. The molecule has 2 aliphatic heterocycles. The molecule has 55 heavy (non-hydrogen) atoms. The van der Waals surface area contributed by atoms with Gasteiger partial charge in [-0.05, 0) is 61.4 Å². The molecule has 0 saturated carbocycles. The van der Waals surface area contributed by atoms with Gasteiger partial charge in [0, 0.05) is 12.1 Å². The van der Waals surface area contributed by atoms with Gasteiger partial charge in [0.05, 0.1) is 72.4 Å². The van der Waals surface area contributed by atoms with Crippen LogP contribution < -0.4 is 40.2 Å². The third kappa shape index (κ3) is 5.70. The highest BCUT2D eigenvalue weighted by Gasteiger charge is 2.73. The Hall–Kier alpha value is -6.46. The molecule has 0 spiro atoms. The summed E-state index contributed by atoms with van der Waals surface area (Å²) in [5.41, 5.74) is 0.963. The number of ether oxygens (including phenoxy) is 4. The molecule has 0 radical (unpaired) electrons. The first-order valence-corrected chi connectivity index (χ1v) is 16.3. The number of nitrogens with zero attached hydrogens (tertiary/aromatic N) is 2. The fourth-order valence-electron chi connectivity index (χ4n) is 6.74. The van der Waals surface area contributed by atoms with Gasteiger partial charge in [0.2, 0.25) is 5.41 Å². The maximum absolute atomic E-state index is 15.4. The van der Waals surface area contributed by atoms with Crippen molar-refractivity contribution in [1.29, 1.82) is 0 Å². The third-order valence-corrected chi connectivity index (χ3v) is 9.19. The van der Waals surface area contributed by atoms with Crippen LogP contribution in [-0.4, -0.2) is 63.4 Å². The summed E-state index contributed by atoms with van der Waals surface area (Å²) in [6, 6.07) is 7.72. The van der Waals surface area contributed by atoms with Crippen LogP contribution in [0.4, 0.5) is 49.1 Å². The highest BCUT2D eigenvalue weighted by molar-refractivity contribution is 6.36. The minimum atomic E-state index is -6.18. The summed E-state index contributed by atoms with van der Waals surface area (Å²) in [5.74, 6) is -4.64. The summed E-state index contributed by atoms with van der Waals surface area (Å²) < 4.78 is 114. The number of nitrogens with two attached hydrogens (primary N) is 2. The van der Waals surface area contributed by atoms with Crippen LogP contribution in [0.25, 0.3) is 0 Å². The van der Waals surface area contributed by atoms with Crippen molar-refractivity contribution in [3.8, 4) is 23.0 Å². The van der Waals surface area contributed by atoms with Crippen molar-refractivity contribution in [2.45, 2.75) is 31.6 Å². The van der Waals surface area contributed by atoms with Crippen molar-refractivity contribution >= 4 is 46.4 Å². The molecule has 4 amide bonds. The molecule has 0 bridgehead atoms. The Bertz CT molecular complexity index is 2130. The topological polar surface area (TPSA) is 164 Å². The molecule has 18 heteroatoms. The lowest BCUT2D eigenvalue weighted by Crippen LogP contribution is -2.55. The standard InChI is InChI=1S/C37H30F6N4O8/c1-5-54-29-15-27(52-3)23(44)13-25(29)46-31(48)19-9-7-17(11-21(19)33(46)50)35(36(38,39)40,37(41,42)43)18-8-10-20-22(12-18)34(51)47(32(20)49)26-14-24(45)28(53-4)16-30(26)55-6-2/h7-16H,5-6,44-45H2,1-4H3. The number of alkyl halides is 6. The minimum absolute atomic E-state index is 0.0293. The molecule has 0 aliphatic carbocycles. The fourth-order valence-corrected chi connectivity index (χ4v) is 6.74. The second-order valence-electron chi connectivity index (χ2n) is 12.1. The van der Waals surface area contributed by atoms with Gasteiger partial charge >= 0.3 is 12.4 Å². The van der Waals surface area contributed by atoms with E-state index in [1.807, 2.05) is 0 Å². The largest absolute Gasteiger partial charge is 0.494 e. The number of imide groups is 2. The number of carbonyl (C=O) groups excluding carboxylic acids is 4. The molecule has 4 N–H and O–H groups in total. The van der Waals surface area contributed by atoms with E-state index in [-0.39, 0.29) is 59.0 Å². The van der Waals surface area contributed by atoms with Gasteiger partial charge in [-0.2, -0.15) is 26.3 Å². The van der Waals surface area contributed by atoms with Crippen LogP contribution >= 0.6 is 0 Å². The van der Waals surface area contributed by atoms with Crippen molar-refractivity contribution in [2.75, 3.05) is 48.7 Å². The molecule has 0 fully saturated rings. The SMILES string of the molecule is CCOc1cc(OC)c(N)cc1N1C(=O)c2ccc(C(c3ccc4c(c3)C(=O)N(c3cc(N)c(OC)cc3OCC)C4=O)(C(F)(F)F)C(F)(F)F)cc2C1=O. The second-order valence-corrected chi connectivity index (χ2v) is 12.1. The normalized spacial score (nSPS) is 14.4. The predicted octanol–water partition coefficient (Wildman–Crippen LogP) is 6.68. The Morgan fingerprint density at radius 1 is 0.527 bits per heavy atom. The number of fused-ring (bicyclic) bond motifs is 2. The zero-order valence-corrected chi connectivity index (χ0v) is 29.3. The lowest BCUT2D eigenvalue weighted by molar-refractivity contribution is -0.288. The number of carbonyl (C=O) groups is 4. The van der Waals surface area contributed by atoms with Gasteiger partial charge in [0.25, 0.3) is 23.6 Å². The number of hydrogen-bond acceptors (Lipinski definition) is 10. The minimum Gasteiger partial charge on any atom is -0.494 e. The number of benzene rings is 4. The Morgan fingerprint density at radius 3 is 1.18 bits per heavy atom. The smallest absolute Gasteiger partial charge is 0.411 e. The van der Waals surface area contributed by atoms with Gasteiger partial charge < -0.3 is 30.4 Å². The van der Waals surface area contributed by atoms with Crippen molar-refractivity contribution in [3.63, 3.8) is 0 Å². The monoisotopic (exact) mass is 772 g/mol. The second kappa shape index (κ2) is 13.4. The average Bonchev–Trinajstić information content (AvgIpc) is 3.51.